The summed E-state index contributed by atoms with van der Waals surface area (Å²) in [5, 5.41) is 3.41. The van der Waals surface area contributed by atoms with Crippen molar-refractivity contribution in [1.29, 1.82) is 0 Å². The topological polar surface area (TPSA) is 48.5 Å². The molecule has 2 fully saturated rings. The van der Waals surface area contributed by atoms with Crippen LogP contribution in [0.3, 0.4) is 0 Å². The van der Waals surface area contributed by atoms with Crippen LogP contribution in [0.4, 0.5) is 0 Å². The fourth-order valence-electron chi connectivity index (χ4n) is 3.72. The number of aromatic nitrogens is 1. The molecule has 0 saturated carbocycles. The quantitative estimate of drug-likeness (QED) is 0.864. The van der Waals surface area contributed by atoms with Crippen LogP contribution >= 0.6 is 24.8 Å². The molecule has 3 heterocycles. The van der Waals surface area contributed by atoms with Crippen LogP contribution in [-0.4, -0.2) is 59.5 Å². The summed E-state index contributed by atoms with van der Waals surface area (Å²) in [6, 6.07) is 4.09. The molecular weight excluding hydrogens is 359 g/mol. The number of rotatable bonds is 3. The average molecular weight is 389 g/mol. The van der Waals surface area contributed by atoms with Crippen molar-refractivity contribution in [3.05, 3.63) is 30.1 Å². The highest BCUT2D eigenvalue weighted by Gasteiger charge is 2.33. The van der Waals surface area contributed by atoms with Crippen molar-refractivity contribution in [2.75, 3.05) is 32.7 Å². The van der Waals surface area contributed by atoms with Gasteiger partial charge in [-0.1, -0.05) is 18.9 Å². The third-order valence-corrected chi connectivity index (χ3v) is 5.14. The highest BCUT2D eigenvalue weighted by Crippen LogP contribution is 2.24. The molecule has 2 atom stereocenters. The molecule has 0 bridgehead atoms. The van der Waals surface area contributed by atoms with Crippen LogP contribution in [0.2, 0.25) is 0 Å². The lowest BCUT2D eigenvalue weighted by atomic mass is 10.0. The molecule has 1 aromatic rings. The number of hydrogen-bond donors (Lipinski definition) is 1. The van der Waals surface area contributed by atoms with Crippen LogP contribution in [0.25, 0.3) is 0 Å². The van der Waals surface area contributed by atoms with Crippen molar-refractivity contribution < 1.29 is 4.79 Å². The van der Waals surface area contributed by atoms with Crippen LogP contribution in [0.5, 0.6) is 0 Å². The number of halogens is 2. The summed E-state index contributed by atoms with van der Waals surface area (Å²) in [6.07, 6.45) is 8.68. The van der Waals surface area contributed by atoms with E-state index >= 15 is 0 Å². The highest BCUT2D eigenvalue weighted by molar-refractivity contribution is 5.85. The number of carbonyl (C=O) groups excluding carboxylic acids is 1. The molecule has 0 aromatic carbocycles. The largest absolute Gasteiger partial charge is 0.332 e. The third-order valence-electron chi connectivity index (χ3n) is 5.14. The Hall–Kier alpha value is -0.880. The van der Waals surface area contributed by atoms with E-state index in [0.29, 0.717) is 0 Å². The smallest absolute Gasteiger partial charge is 0.240 e. The van der Waals surface area contributed by atoms with Gasteiger partial charge in [0, 0.05) is 32.0 Å². The molecule has 7 heteroatoms. The normalized spacial score (nSPS) is 22.9. The lowest BCUT2D eigenvalue weighted by molar-refractivity contribution is -0.139. The summed E-state index contributed by atoms with van der Waals surface area (Å²) in [5.41, 5.74) is 1.12. The molecule has 0 spiro atoms. The molecule has 2 aliphatic rings. The van der Waals surface area contributed by atoms with Gasteiger partial charge in [-0.2, -0.15) is 0 Å². The molecule has 5 nitrogen and oxygen atoms in total. The Labute approximate surface area is 163 Å². The Balaban J connectivity index is 0.00000156. The van der Waals surface area contributed by atoms with Gasteiger partial charge in [0.2, 0.25) is 5.91 Å². The fraction of sp³-hybridized carbons (Fsp3) is 0.667. The van der Waals surface area contributed by atoms with E-state index in [4.69, 9.17) is 0 Å². The van der Waals surface area contributed by atoms with E-state index in [0.717, 1.165) is 38.3 Å². The van der Waals surface area contributed by atoms with Crippen molar-refractivity contribution in [3.63, 3.8) is 0 Å². The number of carbonyl (C=O) groups is 1. The summed E-state index contributed by atoms with van der Waals surface area (Å²) in [7, 11) is 0. The Morgan fingerprint density at radius 2 is 1.92 bits per heavy atom. The summed E-state index contributed by atoms with van der Waals surface area (Å²) in [6.45, 7) is 6.64. The van der Waals surface area contributed by atoms with Gasteiger partial charge in [0.15, 0.2) is 0 Å². The molecule has 2 unspecified atom stereocenters. The minimum atomic E-state index is -0.0228. The van der Waals surface area contributed by atoms with Gasteiger partial charge in [-0.05, 0) is 44.5 Å². The number of piperazine rings is 1. The SMILES string of the molecule is CC(C(=O)N1CCNCC1c1cccnc1)N1CCCCCC1.Cl.Cl. The predicted octanol–water partition coefficient (Wildman–Crippen LogP) is 2.66. The van der Waals surface area contributed by atoms with E-state index in [2.05, 4.69) is 33.1 Å². The molecule has 0 radical (unpaired) electrons. The molecule has 2 saturated heterocycles. The van der Waals surface area contributed by atoms with Crippen LogP contribution in [-0.2, 0) is 4.79 Å². The number of hydrogen-bond acceptors (Lipinski definition) is 4. The van der Waals surface area contributed by atoms with Gasteiger partial charge in [-0.15, -0.1) is 24.8 Å². The second-order valence-electron chi connectivity index (χ2n) is 6.66. The second-order valence-corrected chi connectivity index (χ2v) is 6.66. The van der Waals surface area contributed by atoms with Gasteiger partial charge in [-0.3, -0.25) is 14.7 Å². The summed E-state index contributed by atoms with van der Waals surface area (Å²) >= 11 is 0. The zero-order valence-electron chi connectivity index (χ0n) is 14.9. The Bertz CT molecular complexity index is 509. The fourth-order valence-corrected chi connectivity index (χ4v) is 3.72. The first-order valence-corrected chi connectivity index (χ1v) is 8.92. The van der Waals surface area contributed by atoms with E-state index in [-0.39, 0.29) is 42.8 Å². The Morgan fingerprint density at radius 1 is 1.20 bits per heavy atom. The molecule has 142 valence electrons. The van der Waals surface area contributed by atoms with Gasteiger partial charge in [0.25, 0.3) is 0 Å². The zero-order chi connectivity index (χ0) is 16.1. The maximum absolute atomic E-state index is 13.1. The lowest BCUT2D eigenvalue weighted by Gasteiger charge is -2.40. The van der Waals surface area contributed by atoms with Crippen LogP contribution < -0.4 is 5.32 Å². The maximum atomic E-state index is 13.1. The van der Waals surface area contributed by atoms with Crippen molar-refractivity contribution in [2.45, 2.75) is 44.7 Å². The lowest BCUT2D eigenvalue weighted by Crippen LogP contribution is -2.54. The monoisotopic (exact) mass is 388 g/mol. The highest BCUT2D eigenvalue weighted by atomic mass is 35.5. The summed E-state index contributed by atoms with van der Waals surface area (Å²) < 4.78 is 0. The second kappa shape index (κ2) is 11.0. The van der Waals surface area contributed by atoms with Crippen molar-refractivity contribution in [1.82, 2.24) is 20.1 Å². The van der Waals surface area contributed by atoms with Gasteiger partial charge >= 0.3 is 0 Å². The first-order chi connectivity index (χ1) is 11.3. The number of nitrogens with one attached hydrogen (secondary N) is 1. The van der Waals surface area contributed by atoms with Crippen LogP contribution in [0.15, 0.2) is 24.5 Å². The van der Waals surface area contributed by atoms with Crippen molar-refractivity contribution in [2.24, 2.45) is 0 Å². The minimum absolute atomic E-state index is 0. The number of likely N-dealkylation sites (tertiary alicyclic amines) is 1. The average Bonchev–Trinajstić information content (AvgIpc) is 2.90. The van der Waals surface area contributed by atoms with Gasteiger partial charge in [0.1, 0.15) is 0 Å². The van der Waals surface area contributed by atoms with Gasteiger partial charge in [0.05, 0.1) is 12.1 Å². The standard InChI is InChI=1S/C18H28N4O.2ClH/c1-15(21-10-4-2-3-5-11-21)18(23)22-12-9-20-14-17(22)16-7-6-8-19-13-16;;/h6-8,13,15,17,20H,2-5,9-12,14H2,1H3;2*1H. The molecule has 1 aromatic heterocycles. The summed E-state index contributed by atoms with van der Waals surface area (Å²) in [4.78, 5) is 21.8. The van der Waals surface area contributed by atoms with Crippen LogP contribution in [0, 0.1) is 0 Å². The number of nitrogens with zero attached hydrogens (tertiary/aromatic N) is 3. The number of pyridine rings is 1. The molecular formula is C18H30Cl2N4O. The van der Waals surface area contributed by atoms with E-state index in [1.54, 1.807) is 6.20 Å². The third kappa shape index (κ3) is 5.55. The molecule has 1 amide bonds. The van der Waals surface area contributed by atoms with Crippen molar-refractivity contribution in [3.8, 4) is 0 Å². The number of amides is 1. The molecule has 2 aliphatic heterocycles. The summed E-state index contributed by atoms with van der Waals surface area (Å²) in [5.74, 6) is 0.266. The van der Waals surface area contributed by atoms with E-state index in [1.807, 2.05) is 12.3 Å². The molecule has 1 N–H and O–H groups in total. The van der Waals surface area contributed by atoms with E-state index < -0.39 is 0 Å². The first kappa shape index (κ1) is 22.2. The minimum Gasteiger partial charge on any atom is -0.332 e. The van der Waals surface area contributed by atoms with Gasteiger partial charge in [-0.25, -0.2) is 0 Å². The maximum Gasteiger partial charge on any atom is 0.240 e. The van der Waals surface area contributed by atoms with E-state index in [9.17, 15) is 4.79 Å². The van der Waals surface area contributed by atoms with Gasteiger partial charge < -0.3 is 10.2 Å². The predicted molar refractivity (Wildman–Crippen MR) is 106 cm³/mol. The zero-order valence-corrected chi connectivity index (χ0v) is 16.5. The van der Waals surface area contributed by atoms with Crippen LogP contribution in [0.1, 0.15) is 44.2 Å². The van der Waals surface area contributed by atoms with E-state index in [1.165, 1.54) is 25.7 Å². The Kier molecular flexibility index (Phi) is 9.72. The molecule has 25 heavy (non-hydrogen) atoms. The molecule has 0 aliphatic carbocycles. The van der Waals surface area contributed by atoms with Crippen molar-refractivity contribution >= 4 is 30.7 Å². The molecule has 3 rings (SSSR count). The Morgan fingerprint density at radius 3 is 2.56 bits per heavy atom. The first-order valence-electron chi connectivity index (χ1n) is 8.92.